The lowest BCUT2D eigenvalue weighted by molar-refractivity contribution is 0.711. The van der Waals surface area contributed by atoms with Gasteiger partial charge < -0.3 is 16.9 Å². The topological polar surface area (TPSA) is 103 Å². The molecule has 24 heavy (non-hydrogen) atoms. The number of rotatable bonds is 4. The van der Waals surface area contributed by atoms with Crippen molar-refractivity contribution in [2.75, 3.05) is 12.0 Å². The van der Waals surface area contributed by atoms with Crippen LogP contribution in [0.3, 0.4) is 0 Å². The molecule has 5 heteroatoms. The Hall–Kier alpha value is -2.73. The smallest absolute Gasteiger partial charge is 0.0594 e. The SMILES string of the molecule is NCC(N)c1ccccn1.NNc1ccc(-c2ccccc2)cc1. The van der Waals surface area contributed by atoms with E-state index in [2.05, 4.69) is 22.5 Å². The van der Waals surface area contributed by atoms with Gasteiger partial charge in [0.05, 0.1) is 11.7 Å². The number of nitrogens with one attached hydrogen (secondary N) is 1. The minimum absolute atomic E-state index is 0.124. The van der Waals surface area contributed by atoms with E-state index >= 15 is 0 Å². The molecule has 0 saturated heterocycles. The zero-order chi connectivity index (χ0) is 17.2. The Morgan fingerprint density at radius 3 is 2.00 bits per heavy atom. The zero-order valence-corrected chi connectivity index (χ0v) is 13.5. The van der Waals surface area contributed by atoms with Gasteiger partial charge >= 0.3 is 0 Å². The van der Waals surface area contributed by atoms with Crippen molar-refractivity contribution >= 4 is 5.69 Å². The Bertz CT molecular complexity index is 699. The average molecular weight is 321 g/mol. The van der Waals surface area contributed by atoms with Crippen molar-refractivity contribution in [3.63, 3.8) is 0 Å². The molecule has 1 atom stereocenters. The number of benzene rings is 2. The van der Waals surface area contributed by atoms with E-state index < -0.39 is 0 Å². The predicted molar refractivity (Wildman–Crippen MR) is 99.9 cm³/mol. The lowest BCUT2D eigenvalue weighted by Crippen LogP contribution is -2.21. The second-order valence-electron chi connectivity index (χ2n) is 5.18. The van der Waals surface area contributed by atoms with Gasteiger partial charge in [0, 0.05) is 18.4 Å². The van der Waals surface area contributed by atoms with Crippen LogP contribution in [0.5, 0.6) is 0 Å². The van der Waals surface area contributed by atoms with Gasteiger partial charge in [0.2, 0.25) is 0 Å². The molecule has 3 rings (SSSR count). The number of pyridine rings is 1. The summed E-state index contributed by atoms with van der Waals surface area (Å²) in [7, 11) is 0. The average Bonchev–Trinajstić information content (AvgIpc) is 2.69. The van der Waals surface area contributed by atoms with Crippen LogP contribution in [0.2, 0.25) is 0 Å². The summed E-state index contributed by atoms with van der Waals surface area (Å²) >= 11 is 0. The molecule has 1 heterocycles. The lowest BCUT2D eigenvalue weighted by atomic mass is 10.1. The fourth-order valence-corrected chi connectivity index (χ4v) is 2.11. The molecule has 0 spiro atoms. The maximum absolute atomic E-state index is 5.61. The highest BCUT2D eigenvalue weighted by atomic mass is 15.2. The first-order valence-corrected chi connectivity index (χ1v) is 7.73. The molecule has 0 aliphatic rings. The number of aromatic nitrogens is 1. The highest BCUT2D eigenvalue weighted by molar-refractivity contribution is 5.65. The van der Waals surface area contributed by atoms with Gasteiger partial charge in [-0.1, -0.05) is 48.5 Å². The highest BCUT2D eigenvalue weighted by Crippen LogP contribution is 2.20. The van der Waals surface area contributed by atoms with Crippen LogP contribution in [-0.2, 0) is 0 Å². The molecule has 0 bridgehead atoms. The summed E-state index contributed by atoms with van der Waals surface area (Å²) in [6, 6.07) is 23.8. The van der Waals surface area contributed by atoms with Crippen LogP contribution in [0, 0.1) is 0 Å². The van der Waals surface area contributed by atoms with E-state index in [-0.39, 0.29) is 6.04 Å². The third kappa shape index (κ3) is 5.17. The van der Waals surface area contributed by atoms with Gasteiger partial charge in [-0.2, -0.15) is 0 Å². The quantitative estimate of drug-likeness (QED) is 0.437. The summed E-state index contributed by atoms with van der Waals surface area (Å²) < 4.78 is 0. The molecule has 0 aliphatic carbocycles. The first-order chi connectivity index (χ1) is 11.7. The summed E-state index contributed by atoms with van der Waals surface area (Å²) in [6.07, 6.45) is 1.71. The van der Waals surface area contributed by atoms with E-state index in [4.69, 9.17) is 17.3 Å². The van der Waals surface area contributed by atoms with E-state index in [0.717, 1.165) is 11.4 Å². The van der Waals surface area contributed by atoms with Crippen molar-refractivity contribution in [1.29, 1.82) is 0 Å². The molecule has 0 aliphatic heterocycles. The molecule has 0 fully saturated rings. The summed E-state index contributed by atoms with van der Waals surface area (Å²) in [6.45, 7) is 0.441. The summed E-state index contributed by atoms with van der Waals surface area (Å²) in [5.74, 6) is 5.29. The predicted octanol–water partition coefficient (Wildman–Crippen LogP) is 2.68. The lowest BCUT2D eigenvalue weighted by Gasteiger charge is -2.05. The number of anilines is 1. The van der Waals surface area contributed by atoms with Crippen molar-refractivity contribution in [3.8, 4) is 11.1 Å². The summed E-state index contributed by atoms with van der Waals surface area (Å²) in [5.41, 5.74) is 17.7. The maximum Gasteiger partial charge on any atom is 0.0594 e. The molecular formula is C19H23N5. The van der Waals surface area contributed by atoms with Gasteiger partial charge in [0.1, 0.15) is 0 Å². The standard InChI is InChI=1S/C12H12N2.C7H11N3/c13-14-12-8-6-11(7-9-12)10-4-2-1-3-5-10;8-5-6(9)7-3-1-2-4-10-7/h1-9,14H,13H2;1-4,6H,5,8-9H2. The summed E-state index contributed by atoms with van der Waals surface area (Å²) in [4.78, 5) is 4.04. The van der Waals surface area contributed by atoms with Crippen LogP contribution < -0.4 is 22.7 Å². The molecule has 0 saturated carbocycles. The fourth-order valence-electron chi connectivity index (χ4n) is 2.11. The molecule has 3 aromatic rings. The molecule has 124 valence electrons. The van der Waals surface area contributed by atoms with Crippen LogP contribution >= 0.6 is 0 Å². The van der Waals surface area contributed by atoms with E-state index in [1.165, 1.54) is 11.1 Å². The first-order valence-electron chi connectivity index (χ1n) is 7.73. The minimum atomic E-state index is -0.124. The van der Waals surface area contributed by atoms with Crippen LogP contribution in [-0.4, -0.2) is 11.5 Å². The number of nitrogens with zero attached hydrogens (tertiary/aromatic N) is 1. The second-order valence-corrected chi connectivity index (χ2v) is 5.18. The third-order valence-electron chi connectivity index (χ3n) is 3.48. The van der Waals surface area contributed by atoms with Gasteiger partial charge in [0.25, 0.3) is 0 Å². The molecule has 1 unspecified atom stereocenters. The molecule has 5 nitrogen and oxygen atoms in total. The molecule has 0 radical (unpaired) electrons. The van der Waals surface area contributed by atoms with Crippen LogP contribution in [0.25, 0.3) is 11.1 Å². The number of nitrogen functional groups attached to an aromatic ring is 1. The maximum atomic E-state index is 5.61. The molecular weight excluding hydrogens is 298 g/mol. The Morgan fingerprint density at radius 1 is 0.833 bits per heavy atom. The van der Waals surface area contributed by atoms with Crippen molar-refractivity contribution < 1.29 is 0 Å². The van der Waals surface area contributed by atoms with Crippen molar-refractivity contribution in [3.05, 3.63) is 84.7 Å². The second kappa shape index (κ2) is 9.42. The number of hydrogen-bond acceptors (Lipinski definition) is 5. The van der Waals surface area contributed by atoms with Crippen LogP contribution in [0.4, 0.5) is 5.69 Å². The molecule has 7 N–H and O–H groups in total. The van der Waals surface area contributed by atoms with Crippen molar-refractivity contribution in [1.82, 2.24) is 4.98 Å². The van der Waals surface area contributed by atoms with Gasteiger partial charge in [-0.05, 0) is 35.4 Å². The zero-order valence-electron chi connectivity index (χ0n) is 13.5. The number of hydrazine groups is 1. The Balaban J connectivity index is 0.000000185. The largest absolute Gasteiger partial charge is 0.329 e. The van der Waals surface area contributed by atoms with Crippen LogP contribution in [0.1, 0.15) is 11.7 Å². The summed E-state index contributed by atoms with van der Waals surface area (Å²) in [5, 5.41) is 0. The highest BCUT2D eigenvalue weighted by Gasteiger charge is 2.01. The van der Waals surface area contributed by atoms with E-state index in [1.54, 1.807) is 6.20 Å². The fraction of sp³-hybridized carbons (Fsp3) is 0.105. The number of nitrogens with two attached hydrogens (primary N) is 3. The Labute approximate surface area is 142 Å². The molecule has 0 amide bonds. The Morgan fingerprint density at radius 2 is 1.46 bits per heavy atom. The van der Waals surface area contributed by atoms with Crippen molar-refractivity contribution in [2.45, 2.75) is 6.04 Å². The van der Waals surface area contributed by atoms with Gasteiger partial charge in [-0.25, -0.2) is 0 Å². The van der Waals surface area contributed by atoms with E-state index in [0.29, 0.717) is 6.54 Å². The third-order valence-corrected chi connectivity index (χ3v) is 3.48. The Kier molecular flexibility index (Phi) is 6.91. The molecule has 1 aromatic heterocycles. The van der Waals surface area contributed by atoms with Crippen molar-refractivity contribution in [2.24, 2.45) is 17.3 Å². The first kappa shape index (κ1) is 17.6. The number of hydrogen-bond donors (Lipinski definition) is 4. The normalized spacial score (nSPS) is 11.1. The van der Waals surface area contributed by atoms with Gasteiger partial charge in [0.15, 0.2) is 0 Å². The molecule has 2 aromatic carbocycles. The van der Waals surface area contributed by atoms with Crippen LogP contribution in [0.15, 0.2) is 79.0 Å². The van der Waals surface area contributed by atoms with Gasteiger partial charge in [-0.3, -0.25) is 10.8 Å². The minimum Gasteiger partial charge on any atom is -0.329 e. The monoisotopic (exact) mass is 321 g/mol. The van der Waals surface area contributed by atoms with E-state index in [9.17, 15) is 0 Å². The van der Waals surface area contributed by atoms with Gasteiger partial charge in [-0.15, -0.1) is 0 Å². The van der Waals surface area contributed by atoms with E-state index in [1.807, 2.05) is 60.7 Å².